The molecule has 3 nitrogen and oxygen atoms in total. The molecule has 2 N–H and O–H groups in total. The second kappa shape index (κ2) is 6.69. The Bertz CT molecular complexity index is 772. The number of nitrogens with zero attached hydrogens (tertiary/aromatic N) is 1. The van der Waals surface area contributed by atoms with Crippen LogP contribution in [-0.2, 0) is 0 Å². The molecule has 0 aromatic heterocycles. The summed E-state index contributed by atoms with van der Waals surface area (Å²) in [5, 5.41) is 11.2. The van der Waals surface area contributed by atoms with Crippen LogP contribution in [0.3, 0.4) is 0 Å². The van der Waals surface area contributed by atoms with Gasteiger partial charge >= 0.3 is 0 Å². The summed E-state index contributed by atoms with van der Waals surface area (Å²) in [4.78, 5) is 0.0695. The number of benzene rings is 2. The maximum Gasteiger partial charge on any atom is 0.127 e. The van der Waals surface area contributed by atoms with Gasteiger partial charge in [-0.2, -0.15) is 5.26 Å². The van der Waals surface area contributed by atoms with Gasteiger partial charge in [-0.15, -0.1) is 0 Å². The number of nitrogens with two attached hydrogens (primary N) is 1. The smallest absolute Gasteiger partial charge is 0.127 e. The van der Waals surface area contributed by atoms with Crippen LogP contribution in [0, 0.1) is 11.3 Å². The van der Waals surface area contributed by atoms with Gasteiger partial charge in [-0.05, 0) is 22.9 Å². The van der Waals surface area contributed by atoms with E-state index in [0.717, 1.165) is 16.3 Å². The third-order valence-electron chi connectivity index (χ3n) is 2.96. The Morgan fingerprint density at radius 2 is 2.10 bits per heavy atom. The maximum atomic E-state index is 9.15. The molecule has 104 valence electrons. The lowest BCUT2D eigenvalue weighted by molar-refractivity contribution is 0.363. The Hall–Kier alpha value is -2.64. The predicted molar refractivity (Wildman–Crippen MR) is 90.0 cm³/mol. The summed E-state index contributed by atoms with van der Waals surface area (Å²) < 4.78 is 5.66. The first-order valence-electron chi connectivity index (χ1n) is 6.34. The molecular formula is C17H14N2OS. The number of ether oxygens (including phenoxy) is 1. The van der Waals surface area contributed by atoms with Gasteiger partial charge in [-0.3, -0.25) is 0 Å². The molecule has 0 spiro atoms. The van der Waals surface area contributed by atoms with E-state index in [4.69, 9.17) is 28.0 Å². The van der Waals surface area contributed by atoms with Gasteiger partial charge in [0.2, 0.25) is 0 Å². The number of hydrogen-bond acceptors (Lipinski definition) is 3. The standard InChI is InChI=1S/C17H14N2OS/c1-2-9-20-16-8-7-12-5-3-4-6-14(12)15(16)10-13(11-18)17(19)21/h2-8,10H,1,9H2,(H2,19,21)/b13-10+. The van der Waals surface area contributed by atoms with Crippen molar-refractivity contribution in [2.45, 2.75) is 0 Å². The van der Waals surface area contributed by atoms with Gasteiger partial charge < -0.3 is 10.5 Å². The summed E-state index contributed by atoms with van der Waals surface area (Å²) in [6, 6.07) is 13.7. The van der Waals surface area contributed by atoms with Crippen molar-refractivity contribution in [3.05, 3.63) is 60.2 Å². The summed E-state index contributed by atoms with van der Waals surface area (Å²) in [5.74, 6) is 0.664. The van der Waals surface area contributed by atoms with Gasteiger partial charge in [0.15, 0.2) is 0 Å². The highest BCUT2D eigenvalue weighted by Crippen LogP contribution is 2.30. The van der Waals surface area contributed by atoms with Crippen molar-refractivity contribution in [3.63, 3.8) is 0 Å². The fourth-order valence-corrected chi connectivity index (χ4v) is 2.11. The molecule has 0 aliphatic heterocycles. The second-order valence-corrected chi connectivity index (χ2v) is 4.77. The number of thiocarbonyl (C=S) groups is 1. The zero-order valence-corrected chi connectivity index (χ0v) is 12.2. The third-order valence-corrected chi connectivity index (χ3v) is 3.18. The van der Waals surface area contributed by atoms with E-state index in [9.17, 15) is 0 Å². The number of fused-ring (bicyclic) bond motifs is 1. The first-order chi connectivity index (χ1) is 10.2. The van der Waals surface area contributed by atoms with E-state index in [0.29, 0.717) is 12.4 Å². The zero-order valence-electron chi connectivity index (χ0n) is 11.4. The highest BCUT2D eigenvalue weighted by molar-refractivity contribution is 7.80. The predicted octanol–water partition coefficient (Wildman–Crippen LogP) is 3.60. The molecule has 0 bridgehead atoms. The van der Waals surface area contributed by atoms with Crippen LogP contribution in [0.2, 0.25) is 0 Å². The number of rotatable bonds is 5. The van der Waals surface area contributed by atoms with Gasteiger partial charge in [0.25, 0.3) is 0 Å². The quantitative estimate of drug-likeness (QED) is 0.396. The summed E-state index contributed by atoms with van der Waals surface area (Å²) in [5.41, 5.74) is 6.62. The first-order valence-corrected chi connectivity index (χ1v) is 6.75. The molecule has 0 radical (unpaired) electrons. The summed E-state index contributed by atoms with van der Waals surface area (Å²) >= 11 is 4.90. The lowest BCUT2D eigenvalue weighted by Crippen LogP contribution is -2.09. The molecule has 0 aliphatic carbocycles. The van der Waals surface area contributed by atoms with Crippen molar-refractivity contribution in [3.8, 4) is 11.8 Å². The van der Waals surface area contributed by atoms with Crippen LogP contribution in [0.5, 0.6) is 5.75 Å². The van der Waals surface area contributed by atoms with Crippen LogP contribution < -0.4 is 10.5 Å². The molecule has 2 aromatic carbocycles. The average molecular weight is 294 g/mol. The Balaban J connectivity index is 2.69. The van der Waals surface area contributed by atoms with Crippen LogP contribution in [-0.4, -0.2) is 11.6 Å². The molecule has 0 atom stereocenters. The van der Waals surface area contributed by atoms with Gasteiger partial charge in [-0.25, -0.2) is 0 Å². The first kappa shape index (κ1) is 14.8. The molecule has 21 heavy (non-hydrogen) atoms. The lowest BCUT2D eigenvalue weighted by atomic mass is 10.0. The molecule has 2 rings (SSSR count). The van der Waals surface area contributed by atoms with E-state index in [2.05, 4.69) is 6.58 Å². The molecule has 0 unspecified atom stereocenters. The van der Waals surface area contributed by atoms with Crippen molar-refractivity contribution in [2.75, 3.05) is 6.61 Å². The minimum atomic E-state index is 0.0695. The highest BCUT2D eigenvalue weighted by Gasteiger charge is 2.09. The SMILES string of the molecule is C=CCOc1ccc2ccccc2c1/C=C(\C#N)C(N)=S. The van der Waals surface area contributed by atoms with Gasteiger partial charge in [-0.1, -0.05) is 55.2 Å². The normalized spacial score (nSPS) is 10.9. The summed E-state index contributed by atoms with van der Waals surface area (Å²) in [7, 11) is 0. The Morgan fingerprint density at radius 1 is 1.33 bits per heavy atom. The fraction of sp³-hybridized carbons (Fsp3) is 0.0588. The van der Waals surface area contributed by atoms with Crippen LogP contribution in [0.25, 0.3) is 16.8 Å². The third kappa shape index (κ3) is 3.28. The fourth-order valence-electron chi connectivity index (χ4n) is 2.00. The molecule has 0 fully saturated rings. The topological polar surface area (TPSA) is 59.0 Å². The van der Waals surface area contributed by atoms with E-state index < -0.39 is 0 Å². The Morgan fingerprint density at radius 3 is 2.76 bits per heavy atom. The number of hydrogen-bond donors (Lipinski definition) is 1. The second-order valence-electron chi connectivity index (χ2n) is 4.33. The van der Waals surface area contributed by atoms with Crippen molar-refractivity contribution < 1.29 is 4.74 Å². The van der Waals surface area contributed by atoms with E-state index in [1.54, 1.807) is 12.2 Å². The van der Waals surface area contributed by atoms with Crippen LogP contribution in [0.4, 0.5) is 0 Å². The largest absolute Gasteiger partial charge is 0.489 e. The molecule has 4 heteroatoms. The molecule has 0 heterocycles. The molecule has 0 saturated carbocycles. The van der Waals surface area contributed by atoms with Gasteiger partial charge in [0.05, 0.1) is 5.57 Å². The molecule has 0 saturated heterocycles. The maximum absolute atomic E-state index is 9.15. The van der Waals surface area contributed by atoms with Crippen LogP contribution >= 0.6 is 12.2 Å². The monoisotopic (exact) mass is 294 g/mol. The minimum Gasteiger partial charge on any atom is -0.489 e. The van der Waals surface area contributed by atoms with E-state index >= 15 is 0 Å². The van der Waals surface area contributed by atoms with Crippen molar-refractivity contribution in [1.29, 1.82) is 5.26 Å². The van der Waals surface area contributed by atoms with Crippen molar-refractivity contribution >= 4 is 34.1 Å². The van der Waals surface area contributed by atoms with Crippen molar-refractivity contribution in [2.24, 2.45) is 5.73 Å². The van der Waals surface area contributed by atoms with Crippen LogP contribution in [0.15, 0.2) is 54.6 Å². The molecular weight excluding hydrogens is 280 g/mol. The molecule has 0 aliphatic rings. The van der Waals surface area contributed by atoms with Crippen LogP contribution in [0.1, 0.15) is 5.56 Å². The minimum absolute atomic E-state index is 0.0695. The van der Waals surface area contributed by atoms with Gasteiger partial charge in [0.1, 0.15) is 23.4 Å². The summed E-state index contributed by atoms with van der Waals surface area (Å²) in [6.45, 7) is 4.02. The Labute approximate surface area is 128 Å². The number of nitriles is 1. The lowest BCUT2D eigenvalue weighted by Gasteiger charge is -2.11. The average Bonchev–Trinajstić information content (AvgIpc) is 2.50. The van der Waals surface area contributed by atoms with Crippen molar-refractivity contribution in [1.82, 2.24) is 0 Å². The molecule has 0 amide bonds. The summed E-state index contributed by atoms with van der Waals surface area (Å²) in [6.07, 6.45) is 3.34. The molecule has 2 aromatic rings. The Kier molecular flexibility index (Phi) is 4.70. The highest BCUT2D eigenvalue weighted by atomic mass is 32.1. The van der Waals surface area contributed by atoms with E-state index in [1.165, 1.54) is 0 Å². The van der Waals surface area contributed by atoms with E-state index in [-0.39, 0.29) is 10.6 Å². The van der Waals surface area contributed by atoms with Gasteiger partial charge in [0, 0.05) is 5.56 Å². The zero-order chi connectivity index (χ0) is 15.2. The van der Waals surface area contributed by atoms with E-state index in [1.807, 2.05) is 42.5 Å².